The summed E-state index contributed by atoms with van der Waals surface area (Å²) in [6.45, 7) is 5.57. The summed E-state index contributed by atoms with van der Waals surface area (Å²) in [5.41, 5.74) is 2.42. The van der Waals surface area contributed by atoms with Crippen LogP contribution in [-0.2, 0) is 4.74 Å². The van der Waals surface area contributed by atoms with Crippen molar-refractivity contribution in [1.29, 1.82) is 0 Å². The van der Waals surface area contributed by atoms with Gasteiger partial charge in [-0.3, -0.25) is 0 Å². The predicted octanol–water partition coefficient (Wildman–Crippen LogP) is 2.92. The van der Waals surface area contributed by atoms with E-state index in [9.17, 15) is 4.79 Å². The van der Waals surface area contributed by atoms with Gasteiger partial charge >= 0.3 is 6.03 Å². The molecule has 1 aliphatic heterocycles. The van der Waals surface area contributed by atoms with Gasteiger partial charge in [0, 0.05) is 31.7 Å². The Hall–Kier alpha value is -1.59. The molecule has 2 rings (SSSR count). The van der Waals surface area contributed by atoms with E-state index < -0.39 is 0 Å². The van der Waals surface area contributed by atoms with Crippen molar-refractivity contribution in [3.63, 3.8) is 0 Å². The number of aliphatic hydroxyl groups excluding tert-OH is 1. The number of hydrogen-bond donors (Lipinski definition) is 3. The van der Waals surface area contributed by atoms with Crippen LogP contribution in [0.2, 0.25) is 0 Å². The van der Waals surface area contributed by atoms with Crippen molar-refractivity contribution in [1.82, 2.24) is 10.6 Å². The standard InChI is InChI=1S/C19H30N2O3/c1-14-7-9-16(10-8-14)18-17(6-4-12-24-18)13-20-19(23)21-15(2)5-3-11-22/h7-10,15,17-18,22H,3-6,11-13H2,1-2H3,(H2,20,21,23). The van der Waals surface area contributed by atoms with E-state index in [-0.39, 0.29) is 24.8 Å². The highest BCUT2D eigenvalue weighted by molar-refractivity contribution is 5.74. The fourth-order valence-corrected chi connectivity index (χ4v) is 3.15. The van der Waals surface area contributed by atoms with Gasteiger partial charge in [0.25, 0.3) is 0 Å². The molecule has 1 aromatic rings. The minimum atomic E-state index is -0.145. The number of carbonyl (C=O) groups is 1. The number of urea groups is 1. The lowest BCUT2D eigenvalue weighted by Gasteiger charge is -2.32. The van der Waals surface area contributed by atoms with Gasteiger partial charge in [-0.25, -0.2) is 4.79 Å². The summed E-state index contributed by atoms with van der Waals surface area (Å²) < 4.78 is 5.98. The first-order valence-corrected chi connectivity index (χ1v) is 8.93. The Morgan fingerprint density at radius 3 is 2.83 bits per heavy atom. The number of rotatable bonds is 7. The molecule has 1 aliphatic rings. The van der Waals surface area contributed by atoms with Crippen LogP contribution in [0.15, 0.2) is 24.3 Å². The predicted molar refractivity (Wildman–Crippen MR) is 94.9 cm³/mol. The van der Waals surface area contributed by atoms with Crippen LogP contribution in [0.1, 0.15) is 49.8 Å². The number of amides is 2. The maximum absolute atomic E-state index is 12.0. The number of nitrogens with one attached hydrogen (secondary N) is 2. The van der Waals surface area contributed by atoms with Gasteiger partial charge in [-0.05, 0) is 45.1 Å². The van der Waals surface area contributed by atoms with Crippen molar-refractivity contribution in [2.75, 3.05) is 19.8 Å². The highest BCUT2D eigenvalue weighted by atomic mass is 16.5. The average Bonchev–Trinajstić information content (AvgIpc) is 2.59. The molecule has 5 nitrogen and oxygen atoms in total. The van der Waals surface area contributed by atoms with Crippen LogP contribution >= 0.6 is 0 Å². The van der Waals surface area contributed by atoms with Gasteiger partial charge in [0.1, 0.15) is 0 Å². The van der Waals surface area contributed by atoms with Crippen molar-refractivity contribution >= 4 is 6.03 Å². The van der Waals surface area contributed by atoms with E-state index in [1.807, 2.05) is 6.92 Å². The number of carbonyl (C=O) groups excluding carboxylic acids is 1. The SMILES string of the molecule is Cc1ccc(C2OCCCC2CNC(=O)NC(C)CCCO)cc1. The topological polar surface area (TPSA) is 70.6 Å². The van der Waals surface area contributed by atoms with Crippen molar-refractivity contribution in [3.05, 3.63) is 35.4 Å². The van der Waals surface area contributed by atoms with Gasteiger partial charge in [0.2, 0.25) is 0 Å². The molecule has 3 unspecified atom stereocenters. The second-order valence-electron chi connectivity index (χ2n) is 6.73. The lowest BCUT2D eigenvalue weighted by Crippen LogP contribution is -2.44. The van der Waals surface area contributed by atoms with E-state index in [0.29, 0.717) is 18.9 Å². The molecular formula is C19H30N2O3. The fraction of sp³-hybridized carbons (Fsp3) is 0.632. The smallest absolute Gasteiger partial charge is 0.315 e. The Bertz CT molecular complexity index is 504. The van der Waals surface area contributed by atoms with E-state index in [0.717, 1.165) is 25.9 Å². The summed E-state index contributed by atoms with van der Waals surface area (Å²) in [5.74, 6) is 0.292. The molecule has 1 heterocycles. The first-order chi connectivity index (χ1) is 11.6. The molecule has 0 radical (unpaired) electrons. The maximum atomic E-state index is 12.0. The molecule has 1 saturated heterocycles. The summed E-state index contributed by atoms with van der Waals surface area (Å²) in [4.78, 5) is 12.0. The molecule has 0 spiro atoms. The number of aliphatic hydroxyl groups is 1. The van der Waals surface area contributed by atoms with Crippen LogP contribution < -0.4 is 10.6 Å². The quantitative estimate of drug-likeness (QED) is 0.718. The summed E-state index contributed by atoms with van der Waals surface area (Å²) >= 11 is 0. The molecule has 3 atom stereocenters. The lowest BCUT2D eigenvalue weighted by molar-refractivity contribution is -0.0269. The first kappa shape index (κ1) is 18.7. The summed E-state index contributed by atoms with van der Waals surface area (Å²) in [6, 6.07) is 8.37. The largest absolute Gasteiger partial charge is 0.396 e. The molecule has 1 aromatic carbocycles. The van der Waals surface area contributed by atoms with E-state index in [4.69, 9.17) is 9.84 Å². The lowest BCUT2D eigenvalue weighted by atomic mass is 9.89. The van der Waals surface area contributed by atoms with E-state index in [1.54, 1.807) is 0 Å². The van der Waals surface area contributed by atoms with Crippen LogP contribution in [0.25, 0.3) is 0 Å². The molecule has 2 amide bonds. The monoisotopic (exact) mass is 334 g/mol. The number of benzene rings is 1. The summed E-state index contributed by atoms with van der Waals surface area (Å²) in [7, 11) is 0. The fourth-order valence-electron chi connectivity index (χ4n) is 3.15. The van der Waals surface area contributed by atoms with E-state index in [1.165, 1.54) is 11.1 Å². The molecule has 0 bridgehead atoms. The Morgan fingerprint density at radius 1 is 1.38 bits per heavy atom. The number of ether oxygens (including phenoxy) is 1. The van der Waals surface area contributed by atoms with Crippen molar-refractivity contribution in [3.8, 4) is 0 Å². The zero-order valence-electron chi connectivity index (χ0n) is 14.8. The number of hydrogen-bond acceptors (Lipinski definition) is 3. The van der Waals surface area contributed by atoms with Crippen LogP contribution in [-0.4, -0.2) is 36.9 Å². The van der Waals surface area contributed by atoms with Crippen molar-refractivity contribution < 1.29 is 14.6 Å². The Morgan fingerprint density at radius 2 is 2.12 bits per heavy atom. The molecule has 3 N–H and O–H groups in total. The number of aryl methyl sites for hydroxylation is 1. The molecule has 5 heteroatoms. The molecule has 0 saturated carbocycles. The van der Waals surface area contributed by atoms with Gasteiger partial charge in [0.05, 0.1) is 6.10 Å². The highest BCUT2D eigenvalue weighted by Gasteiger charge is 2.27. The summed E-state index contributed by atoms with van der Waals surface area (Å²) in [5, 5.41) is 14.7. The second-order valence-corrected chi connectivity index (χ2v) is 6.73. The molecule has 134 valence electrons. The molecule has 0 aliphatic carbocycles. The van der Waals surface area contributed by atoms with Gasteiger partial charge in [-0.1, -0.05) is 29.8 Å². The molecular weight excluding hydrogens is 304 g/mol. The van der Waals surface area contributed by atoms with E-state index in [2.05, 4.69) is 41.8 Å². The minimum Gasteiger partial charge on any atom is -0.396 e. The first-order valence-electron chi connectivity index (χ1n) is 8.93. The van der Waals surface area contributed by atoms with Crippen LogP contribution in [0, 0.1) is 12.8 Å². The Balaban J connectivity index is 1.85. The zero-order chi connectivity index (χ0) is 17.4. The maximum Gasteiger partial charge on any atom is 0.315 e. The Labute approximate surface area is 144 Å². The molecule has 24 heavy (non-hydrogen) atoms. The van der Waals surface area contributed by atoms with Crippen LogP contribution in [0.4, 0.5) is 4.79 Å². The third-order valence-electron chi connectivity index (χ3n) is 4.55. The second kappa shape index (κ2) is 9.64. The van der Waals surface area contributed by atoms with Gasteiger partial charge < -0.3 is 20.5 Å². The normalized spacial score (nSPS) is 22.0. The van der Waals surface area contributed by atoms with Crippen molar-refractivity contribution in [2.24, 2.45) is 5.92 Å². The molecule has 1 fully saturated rings. The Kier molecular flexibility index (Phi) is 7.53. The third kappa shape index (κ3) is 5.80. The zero-order valence-corrected chi connectivity index (χ0v) is 14.8. The van der Waals surface area contributed by atoms with Gasteiger partial charge in [-0.2, -0.15) is 0 Å². The third-order valence-corrected chi connectivity index (χ3v) is 4.55. The van der Waals surface area contributed by atoms with Crippen LogP contribution in [0.5, 0.6) is 0 Å². The van der Waals surface area contributed by atoms with Gasteiger partial charge in [-0.15, -0.1) is 0 Å². The molecule has 0 aromatic heterocycles. The van der Waals surface area contributed by atoms with Crippen LogP contribution in [0.3, 0.4) is 0 Å². The van der Waals surface area contributed by atoms with E-state index >= 15 is 0 Å². The van der Waals surface area contributed by atoms with Gasteiger partial charge in [0.15, 0.2) is 0 Å². The minimum absolute atomic E-state index is 0.0477. The highest BCUT2D eigenvalue weighted by Crippen LogP contribution is 2.33. The average molecular weight is 334 g/mol. The van der Waals surface area contributed by atoms with Crippen molar-refractivity contribution in [2.45, 2.75) is 51.7 Å². The summed E-state index contributed by atoms with van der Waals surface area (Å²) in [6.07, 6.45) is 3.62.